The molecule has 0 radical (unpaired) electrons. The van der Waals surface area contributed by atoms with Gasteiger partial charge in [0.05, 0.1) is 4.90 Å². The van der Waals surface area contributed by atoms with Gasteiger partial charge in [0.25, 0.3) is 0 Å². The normalized spacial score (nSPS) is 11.6. The third-order valence-corrected chi connectivity index (χ3v) is 7.28. The molecule has 0 heterocycles. The lowest BCUT2D eigenvalue weighted by atomic mass is 10.3. The molecule has 0 aromatic heterocycles. The van der Waals surface area contributed by atoms with Gasteiger partial charge in [-0.3, -0.25) is 0 Å². The summed E-state index contributed by atoms with van der Waals surface area (Å²) in [7, 11) is -1.97. The van der Waals surface area contributed by atoms with Gasteiger partial charge in [0.1, 0.15) is 0 Å². The minimum absolute atomic E-state index is 0.131. The number of urea groups is 1. The van der Waals surface area contributed by atoms with E-state index in [4.69, 9.17) is 0 Å². The van der Waals surface area contributed by atoms with Crippen molar-refractivity contribution in [3.63, 3.8) is 0 Å². The Balaban J connectivity index is 1.76. The van der Waals surface area contributed by atoms with Gasteiger partial charge in [-0.05, 0) is 62.4 Å². The van der Waals surface area contributed by atoms with Crippen LogP contribution >= 0.6 is 11.8 Å². The van der Waals surface area contributed by atoms with Crippen molar-refractivity contribution in [3.8, 4) is 0 Å². The lowest BCUT2D eigenvalue weighted by Gasteiger charge is -2.21. The second-order valence-electron chi connectivity index (χ2n) is 6.54. The Kier molecular flexibility index (Phi) is 8.35. The second-order valence-corrected chi connectivity index (χ2v) is 9.70. The maximum absolute atomic E-state index is 12.4. The first-order valence-electron chi connectivity index (χ1n) is 9.11. The molecule has 0 atom stereocenters. The SMILES string of the molecule is CC(C)N(C)S(=O)(=O)c1ccc(NC(=O)NCCCSc2ccccc2)cc1. The number of sulfonamides is 1. The van der Waals surface area contributed by atoms with Gasteiger partial charge >= 0.3 is 6.03 Å². The monoisotopic (exact) mass is 421 g/mol. The van der Waals surface area contributed by atoms with Crippen LogP contribution in [-0.2, 0) is 10.0 Å². The van der Waals surface area contributed by atoms with Crippen LogP contribution in [0.25, 0.3) is 0 Å². The van der Waals surface area contributed by atoms with Gasteiger partial charge < -0.3 is 10.6 Å². The average molecular weight is 422 g/mol. The molecular formula is C20H27N3O3S2. The standard InChI is InChI=1S/C20H27N3O3S2/c1-16(2)23(3)28(25,26)19-12-10-17(11-13-19)22-20(24)21-14-7-15-27-18-8-5-4-6-9-18/h4-6,8-13,16H,7,14-15H2,1-3H3,(H2,21,22,24). The van der Waals surface area contributed by atoms with Gasteiger partial charge in [0, 0.05) is 30.2 Å². The number of carbonyl (C=O) groups excluding carboxylic acids is 1. The Hall–Kier alpha value is -2.03. The molecule has 0 aliphatic heterocycles. The summed E-state index contributed by atoms with van der Waals surface area (Å²) in [4.78, 5) is 13.4. The van der Waals surface area contributed by atoms with Crippen molar-refractivity contribution in [1.82, 2.24) is 9.62 Å². The van der Waals surface area contributed by atoms with Crippen molar-refractivity contribution in [1.29, 1.82) is 0 Å². The molecule has 0 aliphatic carbocycles. The highest BCUT2D eigenvalue weighted by atomic mass is 32.2. The van der Waals surface area contributed by atoms with Gasteiger partial charge in [-0.15, -0.1) is 11.8 Å². The smallest absolute Gasteiger partial charge is 0.319 e. The summed E-state index contributed by atoms with van der Waals surface area (Å²) in [5.74, 6) is 0.917. The minimum Gasteiger partial charge on any atom is -0.338 e. The molecule has 152 valence electrons. The van der Waals surface area contributed by atoms with Crippen molar-refractivity contribution in [2.24, 2.45) is 0 Å². The van der Waals surface area contributed by atoms with E-state index in [-0.39, 0.29) is 17.0 Å². The number of hydrogen-bond acceptors (Lipinski definition) is 4. The molecular weight excluding hydrogens is 394 g/mol. The van der Waals surface area contributed by atoms with Crippen LogP contribution in [0.1, 0.15) is 20.3 Å². The molecule has 2 amide bonds. The number of anilines is 1. The summed E-state index contributed by atoms with van der Waals surface area (Å²) in [5.41, 5.74) is 0.544. The molecule has 0 aliphatic rings. The first kappa shape index (κ1) is 22.3. The quantitative estimate of drug-likeness (QED) is 0.473. The van der Waals surface area contributed by atoms with E-state index in [0.717, 1.165) is 12.2 Å². The van der Waals surface area contributed by atoms with Crippen LogP contribution in [-0.4, -0.2) is 44.1 Å². The van der Waals surface area contributed by atoms with Crippen LogP contribution in [0.3, 0.4) is 0 Å². The van der Waals surface area contributed by atoms with Crippen LogP contribution in [0.5, 0.6) is 0 Å². The first-order chi connectivity index (χ1) is 13.3. The largest absolute Gasteiger partial charge is 0.338 e. The van der Waals surface area contributed by atoms with Gasteiger partial charge in [0.2, 0.25) is 10.0 Å². The van der Waals surface area contributed by atoms with Crippen molar-refractivity contribution in [3.05, 3.63) is 54.6 Å². The van der Waals surface area contributed by atoms with Crippen molar-refractivity contribution in [2.75, 3.05) is 24.7 Å². The highest BCUT2D eigenvalue weighted by Crippen LogP contribution is 2.19. The Morgan fingerprint density at radius 2 is 1.71 bits per heavy atom. The lowest BCUT2D eigenvalue weighted by molar-refractivity contribution is 0.252. The van der Waals surface area contributed by atoms with Crippen LogP contribution in [0.2, 0.25) is 0 Å². The van der Waals surface area contributed by atoms with Crippen LogP contribution in [0.15, 0.2) is 64.4 Å². The number of nitrogens with one attached hydrogen (secondary N) is 2. The maximum Gasteiger partial charge on any atom is 0.319 e. The van der Waals surface area contributed by atoms with Gasteiger partial charge in [-0.25, -0.2) is 13.2 Å². The van der Waals surface area contributed by atoms with E-state index >= 15 is 0 Å². The van der Waals surface area contributed by atoms with Gasteiger partial charge in [-0.1, -0.05) is 18.2 Å². The van der Waals surface area contributed by atoms with Crippen molar-refractivity contribution in [2.45, 2.75) is 36.1 Å². The minimum atomic E-state index is -3.52. The van der Waals surface area contributed by atoms with E-state index in [1.165, 1.54) is 21.3 Å². The molecule has 0 saturated heterocycles. The van der Waals surface area contributed by atoms with Crippen LogP contribution < -0.4 is 10.6 Å². The summed E-state index contributed by atoms with van der Waals surface area (Å²) in [5, 5.41) is 5.52. The summed E-state index contributed by atoms with van der Waals surface area (Å²) >= 11 is 1.75. The van der Waals surface area contributed by atoms with Crippen molar-refractivity contribution >= 4 is 33.5 Å². The van der Waals surface area contributed by atoms with Crippen LogP contribution in [0, 0.1) is 0 Å². The molecule has 0 saturated carbocycles. The van der Waals surface area contributed by atoms with E-state index in [1.807, 2.05) is 32.0 Å². The first-order valence-corrected chi connectivity index (χ1v) is 11.5. The average Bonchev–Trinajstić information content (AvgIpc) is 2.68. The molecule has 2 N–H and O–H groups in total. The van der Waals surface area contributed by atoms with Crippen LogP contribution in [0.4, 0.5) is 10.5 Å². The number of hydrogen-bond donors (Lipinski definition) is 2. The predicted octanol–water partition coefficient (Wildman–Crippen LogP) is 4.02. The van der Waals surface area contributed by atoms with E-state index in [9.17, 15) is 13.2 Å². The zero-order chi connectivity index (χ0) is 20.6. The third-order valence-electron chi connectivity index (χ3n) is 4.13. The van der Waals surface area contributed by atoms with E-state index in [0.29, 0.717) is 12.2 Å². The Labute approximate surface area is 171 Å². The number of rotatable bonds is 9. The molecule has 2 aromatic carbocycles. The Bertz CT molecular complexity index is 854. The number of carbonyl (C=O) groups is 1. The lowest BCUT2D eigenvalue weighted by Crippen LogP contribution is -2.33. The maximum atomic E-state index is 12.4. The molecule has 6 nitrogen and oxygen atoms in total. The molecule has 0 unspecified atom stereocenters. The molecule has 0 bridgehead atoms. The molecule has 0 spiro atoms. The molecule has 8 heteroatoms. The fourth-order valence-electron chi connectivity index (χ4n) is 2.31. The third kappa shape index (κ3) is 6.54. The molecule has 2 rings (SSSR count). The number of benzene rings is 2. The van der Waals surface area contributed by atoms with Gasteiger partial charge in [-0.2, -0.15) is 4.31 Å². The topological polar surface area (TPSA) is 78.5 Å². The number of nitrogens with zero attached hydrogens (tertiary/aromatic N) is 1. The summed E-state index contributed by atoms with van der Waals surface area (Å²) < 4.78 is 26.2. The zero-order valence-corrected chi connectivity index (χ0v) is 18.0. The number of amides is 2. The van der Waals surface area contributed by atoms with E-state index < -0.39 is 10.0 Å². The summed E-state index contributed by atoms with van der Waals surface area (Å²) in [6.45, 7) is 4.20. The highest BCUT2D eigenvalue weighted by molar-refractivity contribution is 7.99. The number of thioether (sulfide) groups is 1. The highest BCUT2D eigenvalue weighted by Gasteiger charge is 2.22. The van der Waals surface area contributed by atoms with Gasteiger partial charge in [0.15, 0.2) is 0 Å². The van der Waals surface area contributed by atoms with E-state index in [2.05, 4.69) is 22.8 Å². The fraction of sp³-hybridized carbons (Fsp3) is 0.350. The summed E-state index contributed by atoms with van der Waals surface area (Å²) in [6, 6.07) is 15.9. The second kappa shape index (κ2) is 10.5. The zero-order valence-electron chi connectivity index (χ0n) is 16.4. The molecule has 0 fully saturated rings. The molecule has 2 aromatic rings. The fourth-order valence-corrected chi connectivity index (χ4v) is 4.55. The Morgan fingerprint density at radius 1 is 1.07 bits per heavy atom. The summed E-state index contributed by atoms with van der Waals surface area (Å²) in [6.07, 6.45) is 0.853. The Morgan fingerprint density at radius 3 is 2.32 bits per heavy atom. The molecule has 28 heavy (non-hydrogen) atoms. The van der Waals surface area contributed by atoms with Crippen molar-refractivity contribution < 1.29 is 13.2 Å². The predicted molar refractivity (Wildman–Crippen MR) is 115 cm³/mol. The van der Waals surface area contributed by atoms with E-state index in [1.54, 1.807) is 30.9 Å².